The number of alkyl halides is 3. The molecule has 1 heterocycles. The number of amides is 1. The summed E-state index contributed by atoms with van der Waals surface area (Å²) in [4.78, 5) is 12.6. The largest absolute Gasteiger partial charge is 0.344 e. The van der Waals surface area contributed by atoms with Gasteiger partial charge in [-0.05, 0) is 28.7 Å². The van der Waals surface area contributed by atoms with Gasteiger partial charge in [-0.15, -0.1) is 0 Å². The van der Waals surface area contributed by atoms with Crippen molar-refractivity contribution in [2.75, 3.05) is 6.54 Å². The Balaban J connectivity index is 1.58. The van der Waals surface area contributed by atoms with Crippen molar-refractivity contribution in [2.24, 2.45) is 0 Å². The van der Waals surface area contributed by atoms with Crippen molar-refractivity contribution in [1.29, 1.82) is 0 Å². The second kappa shape index (κ2) is 7.78. The molecule has 2 unspecified atom stereocenters. The first-order valence-corrected chi connectivity index (χ1v) is 9.72. The molecule has 3 atom stereocenters. The van der Waals surface area contributed by atoms with E-state index in [4.69, 9.17) is 0 Å². The van der Waals surface area contributed by atoms with Crippen molar-refractivity contribution < 1.29 is 22.4 Å². The fourth-order valence-electron chi connectivity index (χ4n) is 4.07. The van der Waals surface area contributed by atoms with Crippen LogP contribution >= 0.6 is 0 Å². The van der Waals surface area contributed by atoms with Crippen molar-refractivity contribution >= 4 is 5.91 Å². The molecular formula is C22H22F4N2O. The summed E-state index contributed by atoms with van der Waals surface area (Å²) in [6.07, 6.45) is -1.67. The molecule has 0 bridgehead atoms. The van der Waals surface area contributed by atoms with Gasteiger partial charge in [0.15, 0.2) is 0 Å². The van der Waals surface area contributed by atoms with Crippen LogP contribution in [0, 0.1) is 5.82 Å². The van der Waals surface area contributed by atoms with Gasteiger partial charge in [0, 0.05) is 25.8 Å². The Morgan fingerprint density at radius 1 is 1.10 bits per heavy atom. The Bertz CT molecular complexity index is 882. The zero-order valence-corrected chi connectivity index (χ0v) is 15.7. The van der Waals surface area contributed by atoms with Crippen molar-refractivity contribution in [3.63, 3.8) is 0 Å². The van der Waals surface area contributed by atoms with Crippen LogP contribution in [0.2, 0.25) is 0 Å². The maximum absolute atomic E-state index is 14.7. The molecule has 29 heavy (non-hydrogen) atoms. The van der Waals surface area contributed by atoms with E-state index in [-0.39, 0.29) is 37.3 Å². The van der Waals surface area contributed by atoms with E-state index in [1.165, 1.54) is 12.1 Å². The second-order valence-corrected chi connectivity index (χ2v) is 7.89. The molecule has 0 radical (unpaired) electrons. The normalized spacial score (nSPS) is 24.7. The summed E-state index contributed by atoms with van der Waals surface area (Å²) in [5.41, 5.74) is 1.53. The fraction of sp³-hybridized carbons (Fsp3) is 0.409. The number of hydrogen-bond donors (Lipinski definition) is 2. The van der Waals surface area contributed by atoms with Crippen LogP contribution in [0.15, 0.2) is 48.5 Å². The molecule has 0 aromatic heterocycles. The minimum atomic E-state index is -2.72. The number of rotatable bonds is 5. The summed E-state index contributed by atoms with van der Waals surface area (Å²) in [6, 6.07) is 12.3. The van der Waals surface area contributed by atoms with E-state index < -0.39 is 35.9 Å². The predicted octanol–water partition coefficient (Wildman–Crippen LogP) is 4.24. The Hall–Kier alpha value is -2.41. The summed E-state index contributed by atoms with van der Waals surface area (Å²) < 4.78 is 54.5. The van der Waals surface area contributed by atoms with E-state index in [9.17, 15) is 22.4 Å². The molecule has 1 aliphatic heterocycles. The van der Waals surface area contributed by atoms with Crippen molar-refractivity contribution in [1.82, 2.24) is 10.6 Å². The Kier molecular flexibility index (Phi) is 5.34. The molecule has 1 saturated carbocycles. The highest BCUT2D eigenvalue weighted by atomic mass is 19.3. The van der Waals surface area contributed by atoms with Gasteiger partial charge < -0.3 is 10.6 Å². The molecular weight excluding hydrogens is 384 g/mol. The minimum absolute atomic E-state index is 0.0938. The van der Waals surface area contributed by atoms with Gasteiger partial charge in [0.05, 0.1) is 12.1 Å². The van der Waals surface area contributed by atoms with Crippen LogP contribution in [0.5, 0.6) is 0 Å². The van der Waals surface area contributed by atoms with E-state index in [1.807, 2.05) is 18.2 Å². The average Bonchev–Trinajstić information content (AvgIpc) is 3.11. The predicted molar refractivity (Wildman–Crippen MR) is 101 cm³/mol. The molecule has 2 aliphatic rings. The molecule has 1 amide bonds. The lowest BCUT2D eigenvalue weighted by molar-refractivity contribution is -0.123. The first kappa shape index (κ1) is 19.9. The first-order chi connectivity index (χ1) is 13.8. The summed E-state index contributed by atoms with van der Waals surface area (Å²) >= 11 is 0. The van der Waals surface area contributed by atoms with E-state index >= 15 is 0 Å². The van der Waals surface area contributed by atoms with E-state index in [2.05, 4.69) is 10.6 Å². The van der Waals surface area contributed by atoms with E-state index in [0.29, 0.717) is 5.56 Å². The molecule has 2 aromatic rings. The minimum Gasteiger partial charge on any atom is -0.344 e. The summed E-state index contributed by atoms with van der Waals surface area (Å²) in [5.74, 6) is -4.13. The fourth-order valence-corrected chi connectivity index (χ4v) is 4.07. The lowest BCUT2D eigenvalue weighted by atomic mass is 9.76. The van der Waals surface area contributed by atoms with Gasteiger partial charge in [0.2, 0.25) is 11.8 Å². The Labute approximate surface area is 166 Å². The van der Waals surface area contributed by atoms with Crippen LogP contribution in [0.4, 0.5) is 17.6 Å². The standard InChI is InChI=1S/C22H22F4N2O/c23-16-9-19(27-12-16)21(29)28-20(13-4-2-1-3-5-13)14-6-7-17(18(24)8-14)15-10-22(25,26)11-15/h1-8,15-16,19-20,27H,9-12H2,(H,28,29)/t16?,19-,20?/m1/s1. The average molecular weight is 406 g/mol. The van der Waals surface area contributed by atoms with Crippen LogP contribution in [0.3, 0.4) is 0 Å². The van der Waals surface area contributed by atoms with Crippen molar-refractivity contribution in [3.8, 4) is 0 Å². The number of nitrogens with one attached hydrogen (secondary N) is 2. The molecule has 154 valence electrons. The molecule has 0 spiro atoms. The van der Waals surface area contributed by atoms with Crippen molar-refractivity contribution in [2.45, 2.75) is 49.4 Å². The van der Waals surface area contributed by atoms with Gasteiger partial charge in [-0.25, -0.2) is 17.6 Å². The monoisotopic (exact) mass is 406 g/mol. The Morgan fingerprint density at radius 2 is 1.83 bits per heavy atom. The lowest BCUT2D eigenvalue weighted by Crippen LogP contribution is -2.42. The zero-order valence-electron chi connectivity index (χ0n) is 15.7. The van der Waals surface area contributed by atoms with Crippen LogP contribution in [-0.4, -0.2) is 30.6 Å². The molecule has 4 rings (SSSR count). The van der Waals surface area contributed by atoms with Gasteiger partial charge >= 0.3 is 0 Å². The van der Waals surface area contributed by atoms with E-state index in [0.717, 1.165) is 5.56 Å². The van der Waals surface area contributed by atoms with Gasteiger partial charge in [-0.3, -0.25) is 4.79 Å². The third-order valence-electron chi connectivity index (χ3n) is 5.70. The summed E-state index contributed by atoms with van der Waals surface area (Å²) in [6.45, 7) is 0.128. The number of hydrogen-bond acceptors (Lipinski definition) is 2. The number of carbonyl (C=O) groups is 1. The molecule has 1 saturated heterocycles. The maximum atomic E-state index is 14.7. The third kappa shape index (κ3) is 4.29. The highest BCUT2D eigenvalue weighted by molar-refractivity contribution is 5.83. The quantitative estimate of drug-likeness (QED) is 0.730. The number of carbonyl (C=O) groups excluding carboxylic acids is 1. The Morgan fingerprint density at radius 3 is 2.41 bits per heavy atom. The molecule has 2 N–H and O–H groups in total. The van der Waals surface area contributed by atoms with Gasteiger partial charge in [0.25, 0.3) is 0 Å². The SMILES string of the molecule is O=C(NC(c1ccccc1)c1ccc(C2CC(F)(F)C2)c(F)c1)[C@H]1CC(F)CN1. The molecule has 3 nitrogen and oxygen atoms in total. The maximum Gasteiger partial charge on any atom is 0.249 e. The first-order valence-electron chi connectivity index (χ1n) is 9.72. The summed E-state index contributed by atoms with van der Waals surface area (Å²) in [5, 5.41) is 5.71. The van der Waals surface area contributed by atoms with E-state index in [1.54, 1.807) is 18.2 Å². The van der Waals surface area contributed by atoms with Gasteiger partial charge in [-0.1, -0.05) is 42.5 Å². The molecule has 1 aliphatic carbocycles. The van der Waals surface area contributed by atoms with Gasteiger partial charge in [0.1, 0.15) is 12.0 Å². The van der Waals surface area contributed by atoms with Crippen LogP contribution in [-0.2, 0) is 4.79 Å². The molecule has 2 fully saturated rings. The van der Waals surface area contributed by atoms with Gasteiger partial charge in [-0.2, -0.15) is 0 Å². The van der Waals surface area contributed by atoms with Crippen LogP contribution < -0.4 is 10.6 Å². The number of benzene rings is 2. The zero-order chi connectivity index (χ0) is 20.6. The van der Waals surface area contributed by atoms with Crippen LogP contribution in [0.25, 0.3) is 0 Å². The molecule has 2 aromatic carbocycles. The number of halogens is 4. The highest BCUT2D eigenvalue weighted by Gasteiger charge is 2.46. The van der Waals surface area contributed by atoms with Crippen LogP contribution in [0.1, 0.15) is 47.9 Å². The van der Waals surface area contributed by atoms with Crippen molar-refractivity contribution in [3.05, 3.63) is 71.0 Å². The second-order valence-electron chi connectivity index (χ2n) is 7.89. The highest BCUT2D eigenvalue weighted by Crippen LogP contribution is 2.49. The topological polar surface area (TPSA) is 41.1 Å². The summed E-state index contributed by atoms with van der Waals surface area (Å²) in [7, 11) is 0. The third-order valence-corrected chi connectivity index (χ3v) is 5.70. The smallest absolute Gasteiger partial charge is 0.249 e. The lowest BCUT2D eigenvalue weighted by Gasteiger charge is -2.35. The molecule has 7 heteroatoms.